The van der Waals surface area contributed by atoms with E-state index in [1.54, 1.807) is 32.5 Å². The average Bonchev–Trinajstić information content (AvgIpc) is 2.56. The van der Waals surface area contributed by atoms with Gasteiger partial charge in [-0.15, -0.1) is 0 Å². The molecule has 0 aliphatic carbocycles. The number of ether oxygens (including phenoxy) is 1. The van der Waals surface area contributed by atoms with E-state index >= 15 is 0 Å². The van der Waals surface area contributed by atoms with Crippen LogP contribution in [0.3, 0.4) is 0 Å². The first kappa shape index (κ1) is 20.1. The monoisotopic (exact) mass is 374 g/mol. The molecule has 6 heteroatoms. The first-order valence-electron chi connectivity index (χ1n) is 8.56. The topological polar surface area (TPSA) is 67.4 Å². The van der Waals surface area contributed by atoms with Gasteiger partial charge in [0.15, 0.2) is 0 Å². The molecule has 1 atom stereocenters. The van der Waals surface area contributed by atoms with Gasteiger partial charge in [-0.3, -0.25) is 4.79 Å². The van der Waals surface area contributed by atoms with Gasteiger partial charge in [0.2, 0.25) is 5.91 Å². The first-order valence-corrected chi connectivity index (χ1v) is 9.96. The molecule has 5 nitrogen and oxygen atoms in total. The zero-order valence-corrected chi connectivity index (χ0v) is 16.5. The minimum absolute atomic E-state index is 0.250. The molecule has 0 fully saturated rings. The van der Waals surface area contributed by atoms with E-state index in [0.717, 1.165) is 16.5 Å². The highest BCUT2D eigenvalue weighted by atomic mass is 32.2. The molecule has 0 aliphatic heterocycles. The molecule has 2 N–H and O–H groups in total. The van der Waals surface area contributed by atoms with Crippen LogP contribution in [0.25, 0.3) is 10.8 Å². The van der Waals surface area contributed by atoms with Crippen LogP contribution >= 0.6 is 11.8 Å². The zero-order valence-electron chi connectivity index (χ0n) is 15.7. The average molecular weight is 375 g/mol. The van der Waals surface area contributed by atoms with Crippen LogP contribution in [-0.2, 0) is 9.53 Å². The second-order valence-corrected chi connectivity index (χ2v) is 8.02. The van der Waals surface area contributed by atoms with Gasteiger partial charge in [-0.2, -0.15) is 11.8 Å². The largest absolute Gasteiger partial charge is 0.444 e. The number of thioether (sulfide) groups is 1. The summed E-state index contributed by atoms with van der Waals surface area (Å²) < 4.78 is 5.27. The van der Waals surface area contributed by atoms with Crippen LogP contribution in [0.4, 0.5) is 10.5 Å². The summed E-state index contributed by atoms with van der Waals surface area (Å²) in [7, 11) is 0. The van der Waals surface area contributed by atoms with Gasteiger partial charge in [0.05, 0.1) is 0 Å². The zero-order chi connectivity index (χ0) is 19.2. The molecule has 0 saturated heterocycles. The van der Waals surface area contributed by atoms with Crippen molar-refractivity contribution >= 4 is 40.2 Å². The third-order valence-corrected chi connectivity index (χ3v) is 4.28. The first-order chi connectivity index (χ1) is 12.3. The van der Waals surface area contributed by atoms with E-state index in [9.17, 15) is 9.59 Å². The highest BCUT2D eigenvalue weighted by Gasteiger charge is 2.24. The molecule has 0 spiro atoms. The summed E-state index contributed by atoms with van der Waals surface area (Å²) in [5.41, 5.74) is 0.0945. The Morgan fingerprint density at radius 1 is 1.12 bits per heavy atom. The fourth-order valence-electron chi connectivity index (χ4n) is 2.45. The Kier molecular flexibility index (Phi) is 6.91. The number of amides is 2. The van der Waals surface area contributed by atoms with Gasteiger partial charge in [-0.1, -0.05) is 30.3 Å². The molecule has 0 bridgehead atoms. The van der Waals surface area contributed by atoms with Crippen LogP contribution in [0.1, 0.15) is 27.2 Å². The van der Waals surface area contributed by atoms with Crippen LogP contribution < -0.4 is 10.6 Å². The van der Waals surface area contributed by atoms with E-state index in [1.165, 1.54) is 0 Å². The maximum Gasteiger partial charge on any atom is 0.408 e. The van der Waals surface area contributed by atoms with E-state index in [4.69, 9.17) is 4.74 Å². The van der Waals surface area contributed by atoms with Gasteiger partial charge in [-0.25, -0.2) is 4.79 Å². The van der Waals surface area contributed by atoms with Gasteiger partial charge < -0.3 is 15.4 Å². The SMILES string of the molecule is CSCC[C@H](NC(=O)OC(C)(C)C)C(=O)Nc1ccc2ccccc2c1. The van der Waals surface area contributed by atoms with Crippen molar-refractivity contribution in [1.29, 1.82) is 0 Å². The molecular formula is C20H26N2O3S. The summed E-state index contributed by atoms with van der Waals surface area (Å²) in [6, 6.07) is 13.0. The summed E-state index contributed by atoms with van der Waals surface area (Å²) >= 11 is 1.62. The maximum absolute atomic E-state index is 12.7. The quantitative estimate of drug-likeness (QED) is 0.785. The van der Waals surface area contributed by atoms with Crippen molar-refractivity contribution in [2.24, 2.45) is 0 Å². The molecule has 26 heavy (non-hydrogen) atoms. The molecule has 2 aromatic carbocycles. The Morgan fingerprint density at radius 2 is 1.81 bits per heavy atom. The number of fused-ring (bicyclic) bond motifs is 1. The van der Waals surface area contributed by atoms with E-state index in [2.05, 4.69) is 10.6 Å². The Hall–Kier alpha value is -2.21. The Balaban J connectivity index is 2.07. The molecule has 140 valence electrons. The number of alkyl carbamates (subject to hydrolysis) is 1. The third-order valence-electron chi connectivity index (χ3n) is 3.64. The van der Waals surface area contributed by atoms with Crippen molar-refractivity contribution in [2.75, 3.05) is 17.3 Å². The lowest BCUT2D eigenvalue weighted by Crippen LogP contribution is -2.46. The number of hydrogen-bond acceptors (Lipinski definition) is 4. The molecule has 0 saturated carbocycles. The Bertz CT molecular complexity index is 771. The van der Waals surface area contributed by atoms with Crippen molar-refractivity contribution in [3.8, 4) is 0 Å². The second-order valence-electron chi connectivity index (χ2n) is 7.03. The molecule has 2 aromatic rings. The molecular weight excluding hydrogens is 348 g/mol. The van der Waals surface area contributed by atoms with Gasteiger partial charge >= 0.3 is 6.09 Å². The van der Waals surface area contributed by atoms with E-state index in [0.29, 0.717) is 12.1 Å². The third kappa shape index (κ3) is 6.26. The fraction of sp³-hybridized carbons (Fsp3) is 0.400. The molecule has 0 heterocycles. The number of hydrogen-bond donors (Lipinski definition) is 2. The predicted octanol–water partition coefficient (Wildman–Crippen LogP) is 4.42. The van der Waals surface area contributed by atoms with E-state index in [1.807, 2.05) is 48.7 Å². The highest BCUT2D eigenvalue weighted by Crippen LogP contribution is 2.19. The summed E-state index contributed by atoms with van der Waals surface area (Å²) in [6.07, 6.45) is 1.91. The lowest BCUT2D eigenvalue weighted by atomic mass is 10.1. The number of carbonyl (C=O) groups excluding carboxylic acids is 2. The molecule has 0 radical (unpaired) electrons. The molecule has 0 unspecified atom stereocenters. The van der Waals surface area contributed by atoms with Crippen molar-refractivity contribution < 1.29 is 14.3 Å². The van der Waals surface area contributed by atoms with Crippen LogP contribution in [0.5, 0.6) is 0 Å². The summed E-state index contributed by atoms with van der Waals surface area (Å²) in [4.78, 5) is 24.7. The van der Waals surface area contributed by atoms with E-state index in [-0.39, 0.29) is 5.91 Å². The van der Waals surface area contributed by atoms with Gasteiger partial charge in [-0.05, 0) is 62.1 Å². The van der Waals surface area contributed by atoms with Crippen molar-refractivity contribution in [1.82, 2.24) is 5.32 Å². The van der Waals surface area contributed by atoms with Crippen LogP contribution in [0, 0.1) is 0 Å². The lowest BCUT2D eigenvalue weighted by molar-refractivity contribution is -0.118. The van der Waals surface area contributed by atoms with Crippen molar-refractivity contribution in [2.45, 2.75) is 38.8 Å². The van der Waals surface area contributed by atoms with Crippen molar-refractivity contribution in [3.63, 3.8) is 0 Å². The summed E-state index contributed by atoms with van der Waals surface area (Å²) in [5, 5.41) is 7.73. The van der Waals surface area contributed by atoms with E-state index < -0.39 is 17.7 Å². The predicted molar refractivity (Wildman–Crippen MR) is 109 cm³/mol. The summed E-state index contributed by atoms with van der Waals surface area (Å²) in [6.45, 7) is 5.37. The van der Waals surface area contributed by atoms with Crippen LogP contribution in [0.2, 0.25) is 0 Å². The minimum Gasteiger partial charge on any atom is -0.444 e. The van der Waals surface area contributed by atoms with Crippen LogP contribution in [0.15, 0.2) is 42.5 Å². The number of nitrogens with one attached hydrogen (secondary N) is 2. The maximum atomic E-state index is 12.7. The summed E-state index contributed by atoms with van der Waals surface area (Å²) in [5.74, 6) is 0.506. The number of rotatable bonds is 6. The molecule has 2 amide bonds. The number of anilines is 1. The minimum atomic E-state index is -0.649. The lowest BCUT2D eigenvalue weighted by Gasteiger charge is -2.23. The van der Waals surface area contributed by atoms with Gasteiger partial charge in [0, 0.05) is 5.69 Å². The molecule has 0 aromatic heterocycles. The van der Waals surface area contributed by atoms with Gasteiger partial charge in [0.25, 0.3) is 0 Å². The van der Waals surface area contributed by atoms with Crippen molar-refractivity contribution in [3.05, 3.63) is 42.5 Å². The number of benzene rings is 2. The second kappa shape index (κ2) is 8.94. The fourth-order valence-corrected chi connectivity index (χ4v) is 2.92. The Morgan fingerprint density at radius 3 is 2.46 bits per heavy atom. The highest BCUT2D eigenvalue weighted by molar-refractivity contribution is 7.98. The Labute approximate surface area is 158 Å². The molecule has 0 aliphatic rings. The standard InChI is InChI=1S/C20H26N2O3S/c1-20(2,3)25-19(24)22-17(11-12-26-4)18(23)21-16-10-9-14-7-5-6-8-15(14)13-16/h5-10,13,17H,11-12H2,1-4H3,(H,21,23)(H,22,24)/t17-/m0/s1. The molecule has 2 rings (SSSR count). The van der Waals surface area contributed by atoms with Crippen LogP contribution in [-0.4, -0.2) is 35.7 Å². The number of carbonyl (C=O) groups is 2. The van der Waals surface area contributed by atoms with Gasteiger partial charge in [0.1, 0.15) is 11.6 Å². The normalized spacial score (nSPS) is 12.5. The smallest absolute Gasteiger partial charge is 0.408 e.